The first kappa shape index (κ1) is 16.3. The summed E-state index contributed by atoms with van der Waals surface area (Å²) in [5.41, 5.74) is -0.0602. The first-order valence-electron chi connectivity index (χ1n) is 6.23. The molecule has 0 heterocycles. The van der Waals surface area contributed by atoms with Crippen LogP contribution in [-0.2, 0) is 25.0 Å². The van der Waals surface area contributed by atoms with Gasteiger partial charge in [0.2, 0.25) is 0 Å². The van der Waals surface area contributed by atoms with E-state index in [0.29, 0.717) is 12.0 Å². The molecule has 0 radical (unpaired) electrons. The van der Waals surface area contributed by atoms with E-state index >= 15 is 0 Å². The molecule has 0 amide bonds. The van der Waals surface area contributed by atoms with Gasteiger partial charge in [0.05, 0.1) is 4.90 Å². The van der Waals surface area contributed by atoms with Gasteiger partial charge in [0.15, 0.2) is 0 Å². The van der Waals surface area contributed by atoms with Gasteiger partial charge in [-0.2, -0.15) is 8.42 Å². The van der Waals surface area contributed by atoms with E-state index in [1.54, 1.807) is 26.4 Å². The molecule has 1 N–H and O–H groups in total. The maximum absolute atomic E-state index is 11.3. The van der Waals surface area contributed by atoms with Crippen LogP contribution in [0.15, 0.2) is 52.7 Å². The molecule has 5 nitrogen and oxygen atoms in total. The largest absolute Gasteiger partial charge is 0.369 e. The van der Waals surface area contributed by atoms with Gasteiger partial charge in [0.1, 0.15) is 5.60 Å². The second-order valence-electron chi connectivity index (χ2n) is 4.60. The molecule has 21 heavy (non-hydrogen) atoms. The fourth-order valence-corrected chi connectivity index (χ4v) is 3.32. The number of benzene rings is 1. The molecule has 1 aromatic rings. The van der Waals surface area contributed by atoms with E-state index in [1.165, 1.54) is 12.1 Å². The molecule has 0 fully saturated rings. The Labute approximate surface area is 126 Å². The van der Waals surface area contributed by atoms with Crippen LogP contribution in [0, 0.1) is 0 Å². The van der Waals surface area contributed by atoms with Crippen LogP contribution in [0.3, 0.4) is 0 Å². The Balaban J connectivity index is 2.38. The molecule has 114 valence electrons. The van der Waals surface area contributed by atoms with Gasteiger partial charge >= 0.3 is 0 Å². The summed E-state index contributed by atoms with van der Waals surface area (Å²) in [5, 5.41) is 1.07. The molecule has 2 atom stereocenters. The van der Waals surface area contributed by atoms with Gasteiger partial charge in [-0.3, -0.25) is 4.55 Å². The van der Waals surface area contributed by atoms with Crippen LogP contribution in [0.2, 0.25) is 0 Å². The second-order valence-corrected chi connectivity index (χ2v) is 7.21. The van der Waals surface area contributed by atoms with Crippen molar-refractivity contribution in [3.63, 3.8) is 0 Å². The van der Waals surface area contributed by atoms with Gasteiger partial charge < -0.3 is 9.26 Å². The number of hydrogen-bond donors (Lipinski definition) is 1. The fourth-order valence-electron chi connectivity index (χ4n) is 2.22. The number of allylic oxidation sites excluding steroid dienone is 2. The molecular formula is C14H17O5PS. The maximum atomic E-state index is 11.3. The maximum Gasteiger partial charge on any atom is 0.294 e. The van der Waals surface area contributed by atoms with E-state index in [1.807, 2.05) is 18.2 Å². The van der Waals surface area contributed by atoms with Crippen molar-refractivity contribution >= 4 is 18.9 Å². The highest BCUT2D eigenvalue weighted by atomic mass is 32.2. The number of hydrogen-bond acceptors (Lipinski definition) is 4. The van der Waals surface area contributed by atoms with Gasteiger partial charge in [-0.05, 0) is 29.1 Å². The van der Waals surface area contributed by atoms with Crippen LogP contribution in [0.1, 0.15) is 12.0 Å². The van der Waals surface area contributed by atoms with Crippen LogP contribution in [0.5, 0.6) is 0 Å². The zero-order chi connectivity index (χ0) is 15.5. The Bertz CT molecular complexity index is 680. The molecule has 7 heteroatoms. The Morgan fingerprint density at radius 3 is 2.62 bits per heavy atom. The minimum absolute atomic E-state index is 0.140. The van der Waals surface area contributed by atoms with E-state index in [-0.39, 0.29) is 13.7 Å². The summed E-state index contributed by atoms with van der Waals surface area (Å²) < 4.78 is 42.4. The van der Waals surface area contributed by atoms with Gasteiger partial charge in [0, 0.05) is 29.4 Å². The van der Waals surface area contributed by atoms with Crippen LogP contribution in [0.25, 0.3) is 0 Å². The molecule has 0 spiro atoms. The summed E-state index contributed by atoms with van der Waals surface area (Å²) in [4.78, 5) is -0.140. The summed E-state index contributed by atoms with van der Waals surface area (Å²) in [6.45, 7) is 0. The van der Waals surface area contributed by atoms with Crippen molar-refractivity contribution in [2.45, 2.75) is 16.9 Å². The standard InChI is InChI=1S/C14H17O5PS/c1-18-14(8-6-12(7-9-14)20-19-2)11-4-3-5-13(10-11)21(15,16)17/h3-8,10,20H,9H2,1-2H3,(H,15,16,17). The highest BCUT2D eigenvalue weighted by Crippen LogP contribution is 2.39. The number of methoxy groups -OCH3 is 1. The second kappa shape index (κ2) is 6.38. The van der Waals surface area contributed by atoms with Gasteiger partial charge in [-0.25, -0.2) is 0 Å². The first-order valence-corrected chi connectivity index (χ1v) is 8.58. The summed E-state index contributed by atoms with van der Waals surface area (Å²) in [5.74, 6) is 0. The van der Waals surface area contributed by atoms with Crippen LogP contribution < -0.4 is 0 Å². The average Bonchev–Trinajstić information content (AvgIpc) is 2.48. The third-order valence-corrected chi connectivity index (χ3v) is 5.02. The minimum atomic E-state index is -4.23. The predicted molar refractivity (Wildman–Crippen MR) is 82.1 cm³/mol. The monoisotopic (exact) mass is 328 g/mol. The van der Waals surface area contributed by atoms with Crippen molar-refractivity contribution in [2.24, 2.45) is 0 Å². The molecular weight excluding hydrogens is 311 g/mol. The topological polar surface area (TPSA) is 72.8 Å². The molecule has 0 bridgehead atoms. The summed E-state index contributed by atoms with van der Waals surface area (Å²) in [6, 6.07) is 6.14. The van der Waals surface area contributed by atoms with Gasteiger partial charge in [-0.1, -0.05) is 24.3 Å². The lowest BCUT2D eigenvalue weighted by atomic mass is 9.87. The minimum Gasteiger partial charge on any atom is -0.369 e. The van der Waals surface area contributed by atoms with E-state index in [0.717, 1.165) is 5.31 Å². The van der Waals surface area contributed by atoms with Crippen LogP contribution >= 0.6 is 8.81 Å². The van der Waals surface area contributed by atoms with Crippen molar-refractivity contribution in [1.82, 2.24) is 0 Å². The molecule has 0 saturated heterocycles. The molecule has 0 aromatic heterocycles. The van der Waals surface area contributed by atoms with Crippen LogP contribution in [-0.4, -0.2) is 27.2 Å². The molecule has 1 aliphatic rings. The van der Waals surface area contributed by atoms with Gasteiger partial charge in [0.25, 0.3) is 10.1 Å². The summed E-state index contributed by atoms with van der Waals surface area (Å²) in [6.07, 6.45) is 6.37. The fraction of sp³-hybridized carbons (Fsp3) is 0.286. The lowest BCUT2D eigenvalue weighted by Crippen LogP contribution is -2.27. The van der Waals surface area contributed by atoms with Crippen molar-refractivity contribution in [2.75, 3.05) is 14.2 Å². The smallest absolute Gasteiger partial charge is 0.294 e. The molecule has 1 aliphatic carbocycles. The number of rotatable bonds is 5. The number of ether oxygens (including phenoxy) is 1. The molecule has 0 aliphatic heterocycles. The van der Waals surface area contributed by atoms with E-state index in [2.05, 4.69) is 0 Å². The highest BCUT2D eigenvalue weighted by molar-refractivity contribution is 7.85. The first-order chi connectivity index (χ1) is 9.91. The van der Waals surface area contributed by atoms with Crippen molar-refractivity contribution in [3.8, 4) is 0 Å². The zero-order valence-corrected chi connectivity index (χ0v) is 13.6. The average molecular weight is 328 g/mol. The highest BCUT2D eigenvalue weighted by Gasteiger charge is 2.31. The van der Waals surface area contributed by atoms with E-state index < -0.39 is 15.7 Å². The predicted octanol–water partition coefficient (Wildman–Crippen LogP) is 2.86. The molecule has 0 saturated carbocycles. The Kier molecular flexibility index (Phi) is 4.96. The Hall–Kier alpha value is -1.04. The normalized spacial score (nSPS) is 22.7. The van der Waals surface area contributed by atoms with E-state index in [9.17, 15) is 8.42 Å². The summed E-state index contributed by atoms with van der Waals surface area (Å²) in [7, 11) is -0.750. The SMILES string of the molecule is COPC1=CCC(OC)(c2cccc(S(=O)(=O)O)c2)C=C1. The third-order valence-electron chi connectivity index (χ3n) is 3.36. The third kappa shape index (κ3) is 3.59. The van der Waals surface area contributed by atoms with Crippen molar-refractivity contribution in [1.29, 1.82) is 0 Å². The van der Waals surface area contributed by atoms with Crippen molar-refractivity contribution < 1.29 is 22.2 Å². The van der Waals surface area contributed by atoms with Gasteiger partial charge in [-0.15, -0.1) is 0 Å². The molecule has 1 aromatic carbocycles. The Morgan fingerprint density at radius 2 is 2.10 bits per heavy atom. The summed E-state index contributed by atoms with van der Waals surface area (Å²) >= 11 is 0. The van der Waals surface area contributed by atoms with Crippen LogP contribution in [0.4, 0.5) is 0 Å². The van der Waals surface area contributed by atoms with Crippen molar-refractivity contribution in [3.05, 3.63) is 53.4 Å². The Morgan fingerprint density at radius 1 is 1.33 bits per heavy atom. The molecule has 2 rings (SSSR count). The van der Waals surface area contributed by atoms with E-state index in [4.69, 9.17) is 13.8 Å². The molecule has 2 unspecified atom stereocenters. The quantitative estimate of drug-likeness (QED) is 0.665. The lowest BCUT2D eigenvalue weighted by Gasteiger charge is -2.31. The lowest BCUT2D eigenvalue weighted by molar-refractivity contribution is 0.0304. The zero-order valence-electron chi connectivity index (χ0n) is 11.7.